The Balaban J connectivity index is 2.10. The van der Waals surface area contributed by atoms with Crippen LogP contribution < -0.4 is 5.32 Å². The van der Waals surface area contributed by atoms with Gasteiger partial charge < -0.3 is 5.32 Å². The van der Waals surface area contributed by atoms with E-state index >= 15 is 0 Å². The third kappa shape index (κ3) is 2.43. The van der Waals surface area contributed by atoms with E-state index in [1.807, 2.05) is 31.2 Å². The Bertz CT molecular complexity index is 354. The van der Waals surface area contributed by atoms with Crippen molar-refractivity contribution in [2.75, 3.05) is 6.54 Å². The highest BCUT2D eigenvalue weighted by atomic mass is 19.1. The van der Waals surface area contributed by atoms with Crippen molar-refractivity contribution in [1.29, 1.82) is 0 Å². The standard InChI is InChI=1S/C14H20FN/c1-11-6-3-4-7-12(11)10-14(2,15)13-8-5-9-16-13/h3-4,6-7,13,16H,5,8-10H2,1-2H3. The summed E-state index contributed by atoms with van der Waals surface area (Å²) in [6.07, 6.45) is 2.56. The quantitative estimate of drug-likeness (QED) is 0.827. The lowest BCUT2D eigenvalue weighted by molar-refractivity contribution is 0.137. The van der Waals surface area contributed by atoms with Crippen LogP contribution in [0.3, 0.4) is 0 Å². The van der Waals surface area contributed by atoms with Crippen LogP contribution >= 0.6 is 0 Å². The molecule has 2 heteroatoms. The third-order valence-corrected chi connectivity index (χ3v) is 3.58. The first-order valence-corrected chi connectivity index (χ1v) is 6.06. The molecule has 0 radical (unpaired) electrons. The Morgan fingerprint density at radius 3 is 2.81 bits per heavy atom. The summed E-state index contributed by atoms with van der Waals surface area (Å²) in [5.74, 6) is 0. The molecule has 1 fully saturated rings. The minimum absolute atomic E-state index is 0.0205. The first kappa shape index (κ1) is 11.6. The van der Waals surface area contributed by atoms with Gasteiger partial charge in [0.25, 0.3) is 0 Å². The second-order valence-corrected chi connectivity index (χ2v) is 5.03. The average Bonchev–Trinajstić information content (AvgIpc) is 2.75. The van der Waals surface area contributed by atoms with Crippen molar-refractivity contribution in [3.8, 4) is 0 Å². The molecule has 16 heavy (non-hydrogen) atoms. The van der Waals surface area contributed by atoms with Gasteiger partial charge in [0, 0.05) is 12.5 Å². The topological polar surface area (TPSA) is 12.0 Å². The summed E-state index contributed by atoms with van der Waals surface area (Å²) < 4.78 is 14.6. The smallest absolute Gasteiger partial charge is 0.127 e. The van der Waals surface area contributed by atoms with Gasteiger partial charge in [0.05, 0.1) is 0 Å². The summed E-state index contributed by atoms with van der Waals surface area (Å²) in [6.45, 7) is 4.73. The molecule has 1 nitrogen and oxygen atoms in total. The Morgan fingerprint density at radius 1 is 1.44 bits per heavy atom. The van der Waals surface area contributed by atoms with Gasteiger partial charge in [-0.2, -0.15) is 0 Å². The summed E-state index contributed by atoms with van der Waals surface area (Å²) in [4.78, 5) is 0. The number of aryl methyl sites for hydroxylation is 1. The van der Waals surface area contributed by atoms with Crippen molar-refractivity contribution < 1.29 is 4.39 Å². The fourth-order valence-electron chi connectivity index (χ4n) is 2.50. The molecular weight excluding hydrogens is 201 g/mol. The minimum atomic E-state index is -1.14. The van der Waals surface area contributed by atoms with Crippen molar-refractivity contribution >= 4 is 0 Å². The molecule has 1 saturated heterocycles. The van der Waals surface area contributed by atoms with Crippen LogP contribution in [0.4, 0.5) is 4.39 Å². The van der Waals surface area contributed by atoms with Gasteiger partial charge in [-0.05, 0) is 44.4 Å². The number of hydrogen-bond donors (Lipinski definition) is 1. The normalized spacial score (nSPS) is 24.3. The van der Waals surface area contributed by atoms with Crippen LogP contribution in [0.15, 0.2) is 24.3 Å². The van der Waals surface area contributed by atoms with E-state index < -0.39 is 5.67 Å². The highest BCUT2D eigenvalue weighted by molar-refractivity contribution is 5.27. The molecule has 1 N–H and O–H groups in total. The summed E-state index contributed by atoms with van der Waals surface area (Å²) in [5.41, 5.74) is 1.17. The van der Waals surface area contributed by atoms with Crippen LogP contribution in [0, 0.1) is 6.92 Å². The van der Waals surface area contributed by atoms with Gasteiger partial charge in [-0.15, -0.1) is 0 Å². The van der Waals surface area contributed by atoms with E-state index in [9.17, 15) is 4.39 Å². The van der Waals surface area contributed by atoms with Crippen molar-refractivity contribution in [3.63, 3.8) is 0 Å². The van der Waals surface area contributed by atoms with Crippen LogP contribution in [0.25, 0.3) is 0 Å². The largest absolute Gasteiger partial charge is 0.311 e. The number of benzene rings is 1. The molecule has 0 amide bonds. The summed E-state index contributed by atoms with van der Waals surface area (Å²) in [7, 11) is 0. The second-order valence-electron chi connectivity index (χ2n) is 5.03. The van der Waals surface area contributed by atoms with Crippen molar-refractivity contribution in [1.82, 2.24) is 5.32 Å². The van der Waals surface area contributed by atoms with E-state index in [1.165, 1.54) is 5.56 Å². The molecular formula is C14H20FN. The highest BCUT2D eigenvalue weighted by Gasteiger charge is 2.36. The van der Waals surface area contributed by atoms with Crippen molar-refractivity contribution in [2.45, 2.75) is 44.8 Å². The van der Waals surface area contributed by atoms with E-state index in [0.717, 1.165) is 24.9 Å². The van der Waals surface area contributed by atoms with Gasteiger partial charge >= 0.3 is 0 Å². The third-order valence-electron chi connectivity index (χ3n) is 3.58. The summed E-state index contributed by atoms with van der Waals surface area (Å²) >= 11 is 0. The van der Waals surface area contributed by atoms with Crippen LogP contribution in [0.2, 0.25) is 0 Å². The van der Waals surface area contributed by atoms with Crippen LogP contribution in [-0.4, -0.2) is 18.3 Å². The molecule has 2 rings (SSSR count). The van der Waals surface area contributed by atoms with Gasteiger partial charge in [0.2, 0.25) is 0 Å². The summed E-state index contributed by atoms with van der Waals surface area (Å²) in [5, 5.41) is 3.26. The van der Waals surface area contributed by atoms with Gasteiger partial charge in [-0.1, -0.05) is 24.3 Å². The summed E-state index contributed by atoms with van der Waals surface area (Å²) in [6, 6.07) is 8.09. The van der Waals surface area contributed by atoms with E-state index in [0.29, 0.717) is 6.42 Å². The van der Waals surface area contributed by atoms with Gasteiger partial charge in [-0.3, -0.25) is 0 Å². The lowest BCUT2D eigenvalue weighted by Crippen LogP contribution is -2.43. The maximum Gasteiger partial charge on any atom is 0.127 e. The van der Waals surface area contributed by atoms with E-state index in [-0.39, 0.29) is 6.04 Å². The molecule has 2 atom stereocenters. The lowest BCUT2D eigenvalue weighted by Gasteiger charge is -2.28. The predicted molar refractivity (Wildman–Crippen MR) is 65.4 cm³/mol. The average molecular weight is 221 g/mol. The Morgan fingerprint density at radius 2 is 2.19 bits per heavy atom. The molecule has 0 aliphatic carbocycles. The number of hydrogen-bond acceptors (Lipinski definition) is 1. The fraction of sp³-hybridized carbons (Fsp3) is 0.571. The predicted octanol–water partition coefficient (Wildman–Crippen LogP) is 3.02. The minimum Gasteiger partial charge on any atom is -0.311 e. The highest BCUT2D eigenvalue weighted by Crippen LogP contribution is 2.28. The molecule has 0 spiro atoms. The number of alkyl halides is 1. The molecule has 88 valence electrons. The van der Waals surface area contributed by atoms with Crippen molar-refractivity contribution in [3.05, 3.63) is 35.4 Å². The number of halogens is 1. The monoisotopic (exact) mass is 221 g/mol. The molecule has 1 heterocycles. The van der Waals surface area contributed by atoms with Gasteiger partial charge in [-0.25, -0.2) is 4.39 Å². The first-order chi connectivity index (χ1) is 7.59. The molecule has 1 aliphatic rings. The molecule has 0 bridgehead atoms. The SMILES string of the molecule is Cc1ccccc1CC(C)(F)C1CCCN1. The zero-order valence-corrected chi connectivity index (χ0v) is 10.1. The number of rotatable bonds is 3. The van der Waals surface area contributed by atoms with E-state index in [4.69, 9.17) is 0 Å². The molecule has 1 aliphatic heterocycles. The zero-order chi connectivity index (χ0) is 11.6. The van der Waals surface area contributed by atoms with E-state index in [2.05, 4.69) is 5.32 Å². The van der Waals surface area contributed by atoms with Crippen LogP contribution in [-0.2, 0) is 6.42 Å². The molecule has 1 aromatic carbocycles. The molecule has 2 unspecified atom stereocenters. The van der Waals surface area contributed by atoms with E-state index in [1.54, 1.807) is 6.92 Å². The Labute approximate surface area is 97.1 Å². The maximum atomic E-state index is 14.6. The van der Waals surface area contributed by atoms with Crippen molar-refractivity contribution in [2.24, 2.45) is 0 Å². The Hall–Kier alpha value is -0.890. The van der Waals surface area contributed by atoms with Gasteiger partial charge in [0.1, 0.15) is 5.67 Å². The number of nitrogens with one attached hydrogen (secondary N) is 1. The lowest BCUT2D eigenvalue weighted by atomic mass is 9.88. The second kappa shape index (κ2) is 4.54. The molecule has 0 saturated carbocycles. The fourth-order valence-corrected chi connectivity index (χ4v) is 2.50. The van der Waals surface area contributed by atoms with Crippen LogP contribution in [0.5, 0.6) is 0 Å². The zero-order valence-electron chi connectivity index (χ0n) is 10.1. The Kier molecular flexibility index (Phi) is 3.29. The van der Waals surface area contributed by atoms with Crippen LogP contribution in [0.1, 0.15) is 30.9 Å². The van der Waals surface area contributed by atoms with Gasteiger partial charge in [0.15, 0.2) is 0 Å². The molecule has 1 aromatic rings. The first-order valence-electron chi connectivity index (χ1n) is 6.06. The maximum absolute atomic E-state index is 14.6. The molecule has 0 aromatic heterocycles.